The Labute approximate surface area is 153 Å². The standard InChI is InChI=1S/C19H16INO3/c1-24-19(23)18(22)10-14(12-5-3-2-4-6-12)16-11-21-17-8-7-13(20)9-15(16)17/h2-9,11,14,21H,10H2,1H3/t14-/m0/s1. The number of Topliss-reactive ketones (excluding diaryl/α,β-unsaturated/α-hetero) is 1. The summed E-state index contributed by atoms with van der Waals surface area (Å²) >= 11 is 2.27. The van der Waals surface area contributed by atoms with Crippen LogP contribution in [-0.2, 0) is 14.3 Å². The van der Waals surface area contributed by atoms with E-state index in [9.17, 15) is 9.59 Å². The molecule has 1 atom stereocenters. The molecule has 0 aliphatic rings. The lowest BCUT2D eigenvalue weighted by Gasteiger charge is -2.16. The Morgan fingerprint density at radius 1 is 1.17 bits per heavy atom. The Kier molecular flexibility index (Phi) is 4.99. The number of aromatic amines is 1. The maximum atomic E-state index is 12.2. The summed E-state index contributed by atoms with van der Waals surface area (Å²) in [6, 6.07) is 15.9. The molecule has 0 saturated heterocycles. The van der Waals surface area contributed by atoms with E-state index >= 15 is 0 Å². The topological polar surface area (TPSA) is 59.2 Å². The van der Waals surface area contributed by atoms with Crippen LogP contribution < -0.4 is 0 Å². The fourth-order valence-corrected chi connectivity index (χ4v) is 3.37. The van der Waals surface area contributed by atoms with Crippen LogP contribution in [0.2, 0.25) is 0 Å². The summed E-state index contributed by atoms with van der Waals surface area (Å²) in [5.74, 6) is -1.53. The van der Waals surface area contributed by atoms with Gasteiger partial charge in [0.2, 0.25) is 5.78 Å². The van der Waals surface area contributed by atoms with Crippen LogP contribution >= 0.6 is 22.6 Å². The maximum absolute atomic E-state index is 12.2. The highest BCUT2D eigenvalue weighted by Crippen LogP contribution is 2.34. The lowest BCUT2D eigenvalue weighted by molar-refractivity contribution is -0.151. The van der Waals surface area contributed by atoms with Crippen molar-refractivity contribution in [1.29, 1.82) is 0 Å². The molecular formula is C19H16INO3. The lowest BCUT2D eigenvalue weighted by Crippen LogP contribution is -2.19. The second-order valence-electron chi connectivity index (χ2n) is 5.52. The van der Waals surface area contributed by atoms with Gasteiger partial charge in [-0.1, -0.05) is 30.3 Å². The van der Waals surface area contributed by atoms with Crippen LogP contribution in [0.4, 0.5) is 0 Å². The smallest absolute Gasteiger partial charge is 0.374 e. The molecule has 1 N–H and O–H groups in total. The van der Waals surface area contributed by atoms with E-state index in [1.54, 1.807) is 0 Å². The summed E-state index contributed by atoms with van der Waals surface area (Å²) in [5.41, 5.74) is 3.01. The highest BCUT2D eigenvalue weighted by Gasteiger charge is 2.25. The van der Waals surface area contributed by atoms with Gasteiger partial charge in [-0.25, -0.2) is 4.79 Å². The second-order valence-corrected chi connectivity index (χ2v) is 6.76. The number of aromatic nitrogens is 1. The van der Waals surface area contributed by atoms with E-state index in [0.717, 1.165) is 25.6 Å². The van der Waals surface area contributed by atoms with Gasteiger partial charge in [0.15, 0.2) is 0 Å². The first-order chi connectivity index (χ1) is 11.6. The molecule has 1 heterocycles. The molecule has 0 aliphatic carbocycles. The number of benzene rings is 2. The normalized spacial score (nSPS) is 12.1. The van der Waals surface area contributed by atoms with Crippen LogP contribution in [0.1, 0.15) is 23.5 Å². The van der Waals surface area contributed by atoms with Gasteiger partial charge in [-0.15, -0.1) is 0 Å². The number of ether oxygens (including phenoxy) is 1. The van der Waals surface area contributed by atoms with Gasteiger partial charge in [0.05, 0.1) is 7.11 Å². The minimum Gasteiger partial charge on any atom is -0.463 e. The number of hydrogen-bond acceptors (Lipinski definition) is 3. The van der Waals surface area contributed by atoms with Gasteiger partial charge >= 0.3 is 5.97 Å². The van der Waals surface area contributed by atoms with Gasteiger partial charge in [0.25, 0.3) is 0 Å². The van der Waals surface area contributed by atoms with Crippen molar-refractivity contribution in [2.24, 2.45) is 0 Å². The first kappa shape index (κ1) is 16.7. The number of esters is 1. The monoisotopic (exact) mass is 433 g/mol. The third-order valence-corrected chi connectivity index (χ3v) is 4.73. The minimum absolute atomic E-state index is 0.0785. The zero-order valence-electron chi connectivity index (χ0n) is 13.1. The van der Waals surface area contributed by atoms with Crippen LogP contribution in [0.25, 0.3) is 10.9 Å². The van der Waals surface area contributed by atoms with Gasteiger partial charge in [-0.05, 0) is 51.9 Å². The molecule has 0 saturated carbocycles. The average molecular weight is 433 g/mol. The van der Waals surface area contributed by atoms with Crippen LogP contribution in [0.15, 0.2) is 54.7 Å². The number of ketones is 1. The molecule has 24 heavy (non-hydrogen) atoms. The van der Waals surface area contributed by atoms with Gasteiger partial charge in [0, 0.05) is 33.0 Å². The fraction of sp³-hybridized carbons (Fsp3) is 0.158. The number of fused-ring (bicyclic) bond motifs is 1. The van der Waals surface area contributed by atoms with E-state index in [-0.39, 0.29) is 12.3 Å². The first-order valence-corrected chi connectivity index (χ1v) is 8.60. The zero-order valence-corrected chi connectivity index (χ0v) is 15.2. The molecular weight excluding hydrogens is 417 g/mol. The van der Waals surface area contributed by atoms with Crippen molar-refractivity contribution in [3.05, 3.63) is 69.4 Å². The number of H-pyrrole nitrogens is 1. The predicted molar refractivity (Wildman–Crippen MR) is 101 cm³/mol. The summed E-state index contributed by atoms with van der Waals surface area (Å²) < 4.78 is 5.69. The Balaban J connectivity index is 2.08. The molecule has 122 valence electrons. The molecule has 0 unspecified atom stereocenters. The number of halogens is 1. The van der Waals surface area contributed by atoms with Crippen molar-refractivity contribution in [1.82, 2.24) is 4.98 Å². The first-order valence-electron chi connectivity index (χ1n) is 7.52. The minimum atomic E-state index is -0.801. The highest BCUT2D eigenvalue weighted by atomic mass is 127. The number of methoxy groups -OCH3 is 1. The Morgan fingerprint density at radius 3 is 2.62 bits per heavy atom. The van der Waals surface area contributed by atoms with Gasteiger partial charge in [-0.2, -0.15) is 0 Å². The van der Waals surface area contributed by atoms with E-state index in [1.165, 1.54) is 7.11 Å². The van der Waals surface area contributed by atoms with Crippen LogP contribution in [-0.4, -0.2) is 23.8 Å². The number of hydrogen-bond donors (Lipinski definition) is 1. The highest BCUT2D eigenvalue weighted by molar-refractivity contribution is 14.1. The number of carbonyl (C=O) groups is 2. The molecule has 0 radical (unpaired) electrons. The average Bonchev–Trinajstić information content (AvgIpc) is 3.02. The van der Waals surface area contributed by atoms with Crippen LogP contribution in [0, 0.1) is 3.57 Å². The molecule has 1 aromatic heterocycles. The number of carbonyl (C=O) groups excluding carboxylic acids is 2. The molecule has 0 amide bonds. The van der Waals surface area contributed by atoms with E-state index in [1.807, 2.05) is 48.7 Å². The summed E-state index contributed by atoms with van der Waals surface area (Å²) in [6.07, 6.45) is 2.00. The van der Waals surface area contributed by atoms with Crippen LogP contribution in [0.5, 0.6) is 0 Å². The zero-order chi connectivity index (χ0) is 17.1. The molecule has 3 rings (SSSR count). The summed E-state index contributed by atoms with van der Waals surface area (Å²) in [6.45, 7) is 0. The third-order valence-electron chi connectivity index (χ3n) is 4.06. The van der Waals surface area contributed by atoms with E-state index in [0.29, 0.717) is 0 Å². The van der Waals surface area contributed by atoms with Crippen LogP contribution in [0.3, 0.4) is 0 Å². The Hall–Kier alpha value is -2.15. The third kappa shape index (κ3) is 3.36. The van der Waals surface area contributed by atoms with Crippen molar-refractivity contribution >= 4 is 45.2 Å². The van der Waals surface area contributed by atoms with E-state index < -0.39 is 11.8 Å². The largest absolute Gasteiger partial charge is 0.463 e. The molecule has 4 nitrogen and oxygen atoms in total. The van der Waals surface area contributed by atoms with Gasteiger partial charge < -0.3 is 9.72 Å². The van der Waals surface area contributed by atoms with Crippen molar-refractivity contribution in [3.63, 3.8) is 0 Å². The van der Waals surface area contributed by atoms with Crippen molar-refractivity contribution in [2.45, 2.75) is 12.3 Å². The molecule has 0 spiro atoms. The molecule has 2 aromatic carbocycles. The lowest BCUT2D eigenvalue weighted by atomic mass is 9.87. The SMILES string of the molecule is COC(=O)C(=O)C[C@@H](c1ccccc1)c1c[nH]c2ccc(I)cc12. The van der Waals surface area contributed by atoms with Crippen molar-refractivity contribution in [2.75, 3.05) is 7.11 Å². The maximum Gasteiger partial charge on any atom is 0.374 e. The Bertz CT molecular complexity index is 886. The van der Waals surface area contributed by atoms with E-state index in [4.69, 9.17) is 0 Å². The number of rotatable bonds is 5. The molecule has 0 aliphatic heterocycles. The fourth-order valence-electron chi connectivity index (χ4n) is 2.88. The van der Waals surface area contributed by atoms with Gasteiger partial charge in [0.1, 0.15) is 0 Å². The summed E-state index contributed by atoms with van der Waals surface area (Å²) in [5, 5.41) is 1.06. The number of nitrogens with one attached hydrogen (secondary N) is 1. The molecule has 5 heteroatoms. The molecule has 0 fully saturated rings. The van der Waals surface area contributed by atoms with E-state index in [2.05, 4.69) is 38.4 Å². The Morgan fingerprint density at radius 2 is 1.92 bits per heavy atom. The van der Waals surface area contributed by atoms with Gasteiger partial charge in [-0.3, -0.25) is 4.79 Å². The van der Waals surface area contributed by atoms with Crippen molar-refractivity contribution in [3.8, 4) is 0 Å². The molecule has 3 aromatic rings. The summed E-state index contributed by atoms with van der Waals surface area (Å²) in [4.78, 5) is 27.0. The quantitative estimate of drug-likeness (QED) is 0.376. The molecule has 0 bridgehead atoms. The predicted octanol–water partition coefficient (Wildman–Crippen LogP) is 4.04. The second kappa shape index (κ2) is 7.17. The van der Waals surface area contributed by atoms with Crippen molar-refractivity contribution < 1.29 is 14.3 Å². The summed E-state index contributed by atoms with van der Waals surface area (Å²) in [7, 11) is 1.23.